The number of hydrogen-bond acceptors (Lipinski definition) is 4. The number of Topliss-reactive ketones (excluding diaryl/α,β-unsaturated/α-hetero) is 1. The molecule has 15 heavy (non-hydrogen) atoms. The molecule has 0 aliphatic rings. The molecule has 0 aliphatic carbocycles. The Labute approximate surface area is 90.7 Å². The van der Waals surface area contributed by atoms with E-state index in [9.17, 15) is 4.79 Å². The van der Waals surface area contributed by atoms with E-state index in [0.29, 0.717) is 18.6 Å². The zero-order valence-corrected chi connectivity index (χ0v) is 9.86. The third kappa shape index (κ3) is 62.4. The highest BCUT2D eigenvalue weighted by atomic mass is 16.4. The number of carbonyl (C=O) groups is 2. The van der Waals surface area contributed by atoms with Crippen LogP contribution in [0.25, 0.3) is 0 Å². The molecule has 0 amide bonds. The fraction of sp³-hybridized carbons (Fsp3) is 0.800. The van der Waals surface area contributed by atoms with Gasteiger partial charge in [-0.25, -0.2) is 0 Å². The Morgan fingerprint density at radius 2 is 1.40 bits per heavy atom. The van der Waals surface area contributed by atoms with Gasteiger partial charge in [-0.2, -0.15) is 0 Å². The second-order valence-corrected chi connectivity index (χ2v) is 2.80. The molecular weight excluding hydrogens is 200 g/mol. The second-order valence-electron chi connectivity index (χ2n) is 2.80. The fourth-order valence-electron chi connectivity index (χ4n) is 0.250. The second kappa shape index (κ2) is 15.5. The highest BCUT2D eigenvalue weighted by Crippen LogP contribution is 1.83. The molecule has 92 valence electrons. The molecule has 0 saturated heterocycles. The van der Waals surface area contributed by atoms with Gasteiger partial charge >= 0.3 is 0 Å². The molecule has 0 aromatic heterocycles. The van der Waals surface area contributed by atoms with Crippen LogP contribution in [0.4, 0.5) is 0 Å². The smallest absolute Gasteiger partial charge is 0.300 e. The Balaban J connectivity index is -0.000000147. The van der Waals surface area contributed by atoms with Crippen molar-refractivity contribution in [3.8, 4) is 0 Å². The monoisotopic (exact) mass is 222 g/mol. The first-order valence-corrected chi connectivity index (χ1v) is 4.81. The van der Waals surface area contributed by atoms with Crippen molar-refractivity contribution < 1.29 is 24.9 Å². The molecule has 5 heteroatoms. The first kappa shape index (κ1) is 19.6. The maximum absolute atomic E-state index is 10.2. The molecule has 0 fully saturated rings. The molecule has 0 spiro atoms. The lowest BCUT2D eigenvalue weighted by Crippen LogP contribution is -2.03. The Bertz CT molecular complexity index is 144. The molecular formula is C10H22O5. The minimum absolute atomic E-state index is 0.139. The van der Waals surface area contributed by atoms with Crippen LogP contribution in [0.3, 0.4) is 0 Å². The van der Waals surface area contributed by atoms with Crippen LogP contribution in [0.2, 0.25) is 0 Å². The van der Waals surface area contributed by atoms with E-state index in [1.807, 2.05) is 13.8 Å². The van der Waals surface area contributed by atoms with E-state index in [2.05, 4.69) is 0 Å². The number of hydrogen-bond donors (Lipinski definition) is 3. The Hall–Kier alpha value is -0.940. The average molecular weight is 222 g/mol. The van der Waals surface area contributed by atoms with Gasteiger partial charge in [-0.15, -0.1) is 0 Å². The number of carboxylic acids is 1. The summed E-state index contributed by atoms with van der Waals surface area (Å²) in [6, 6.07) is 0. The zero-order valence-electron chi connectivity index (χ0n) is 9.86. The predicted molar refractivity (Wildman–Crippen MR) is 57.7 cm³/mol. The molecule has 0 aromatic rings. The van der Waals surface area contributed by atoms with Gasteiger partial charge < -0.3 is 15.3 Å². The highest BCUT2D eigenvalue weighted by molar-refractivity contribution is 5.77. The minimum atomic E-state index is -0.833. The lowest BCUT2D eigenvalue weighted by atomic mass is 10.3. The van der Waals surface area contributed by atoms with Crippen molar-refractivity contribution in [1.82, 2.24) is 0 Å². The van der Waals surface area contributed by atoms with Crippen molar-refractivity contribution in [1.29, 1.82) is 0 Å². The van der Waals surface area contributed by atoms with E-state index >= 15 is 0 Å². The van der Waals surface area contributed by atoms with Crippen LogP contribution < -0.4 is 0 Å². The van der Waals surface area contributed by atoms with Crippen molar-refractivity contribution in [2.24, 2.45) is 0 Å². The summed E-state index contributed by atoms with van der Waals surface area (Å²) in [5.74, 6) is -0.491. The van der Waals surface area contributed by atoms with E-state index in [4.69, 9.17) is 20.1 Å². The topological polar surface area (TPSA) is 94.8 Å². The molecule has 0 saturated carbocycles. The van der Waals surface area contributed by atoms with Gasteiger partial charge in [-0.1, -0.05) is 13.8 Å². The minimum Gasteiger partial charge on any atom is -0.481 e. The number of carbonyl (C=O) groups excluding carboxylic acids is 1. The Kier molecular flexibility index (Phi) is 20.3. The van der Waals surface area contributed by atoms with Gasteiger partial charge in [0.25, 0.3) is 5.97 Å². The normalized spacial score (nSPS) is 10.0. The Morgan fingerprint density at radius 1 is 1.20 bits per heavy atom. The summed E-state index contributed by atoms with van der Waals surface area (Å²) in [5, 5.41) is 23.4. The van der Waals surface area contributed by atoms with Crippen molar-refractivity contribution in [3.05, 3.63) is 0 Å². The van der Waals surface area contributed by atoms with Crippen LogP contribution in [-0.2, 0) is 9.59 Å². The quantitative estimate of drug-likeness (QED) is 0.657. The standard InChI is InChI=1S/C5H10O.C3H8O2.C2H4O2/c1-3-5(6)4-2;1-3(5)2-4;1-2(3)4/h3-4H2,1-2H3;3-5H,2H2,1H3;1H3,(H,3,4). The van der Waals surface area contributed by atoms with E-state index in [-0.39, 0.29) is 6.61 Å². The van der Waals surface area contributed by atoms with Crippen LogP contribution in [0.15, 0.2) is 0 Å². The fourth-order valence-corrected chi connectivity index (χ4v) is 0.250. The summed E-state index contributed by atoms with van der Waals surface area (Å²) in [4.78, 5) is 19.2. The van der Waals surface area contributed by atoms with Gasteiger partial charge in [-0.3, -0.25) is 9.59 Å². The SMILES string of the molecule is CC(=O)O.CC(O)CO.CCC(=O)CC. The third-order valence-corrected chi connectivity index (χ3v) is 1.05. The molecule has 3 N–H and O–H groups in total. The highest BCUT2D eigenvalue weighted by Gasteiger charge is 1.86. The van der Waals surface area contributed by atoms with Gasteiger partial charge in [0.15, 0.2) is 0 Å². The van der Waals surface area contributed by atoms with Crippen molar-refractivity contribution in [3.63, 3.8) is 0 Å². The lowest BCUT2D eigenvalue weighted by Gasteiger charge is -1.90. The molecule has 0 aliphatic heterocycles. The van der Waals surface area contributed by atoms with E-state index in [0.717, 1.165) is 6.92 Å². The van der Waals surface area contributed by atoms with Crippen LogP contribution in [0.1, 0.15) is 40.5 Å². The summed E-state index contributed by atoms with van der Waals surface area (Å²) >= 11 is 0. The van der Waals surface area contributed by atoms with Gasteiger partial charge in [0.2, 0.25) is 0 Å². The van der Waals surface area contributed by atoms with Gasteiger partial charge in [-0.05, 0) is 6.92 Å². The van der Waals surface area contributed by atoms with E-state index in [1.165, 1.54) is 6.92 Å². The molecule has 0 heterocycles. The number of aliphatic hydroxyl groups excluding tert-OH is 2. The molecule has 1 unspecified atom stereocenters. The van der Waals surface area contributed by atoms with Crippen LogP contribution in [0.5, 0.6) is 0 Å². The summed E-state index contributed by atoms with van der Waals surface area (Å²) in [6.07, 6.45) is 0.822. The number of carboxylic acid groups (broad SMARTS) is 1. The average Bonchev–Trinajstić information content (AvgIpc) is 2.16. The van der Waals surface area contributed by atoms with Crippen LogP contribution in [0, 0.1) is 0 Å². The first-order valence-electron chi connectivity index (χ1n) is 4.81. The van der Waals surface area contributed by atoms with Crippen LogP contribution >= 0.6 is 0 Å². The Morgan fingerprint density at radius 3 is 1.40 bits per heavy atom. The number of aliphatic hydroxyl groups is 2. The van der Waals surface area contributed by atoms with Crippen molar-refractivity contribution in [2.75, 3.05) is 6.61 Å². The van der Waals surface area contributed by atoms with Gasteiger partial charge in [0.1, 0.15) is 5.78 Å². The number of aliphatic carboxylic acids is 1. The predicted octanol–water partition coefficient (Wildman–Crippen LogP) is 0.826. The molecule has 1 atom stereocenters. The summed E-state index contributed by atoms with van der Waals surface area (Å²) in [7, 11) is 0. The van der Waals surface area contributed by atoms with Crippen molar-refractivity contribution in [2.45, 2.75) is 46.6 Å². The molecule has 0 aromatic carbocycles. The molecule has 0 radical (unpaired) electrons. The van der Waals surface area contributed by atoms with E-state index in [1.54, 1.807) is 0 Å². The summed E-state index contributed by atoms with van der Waals surface area (Å²) < 4.78 is 0. The maximum atomic E-state index is 10.2. The van der Waals surface area contributed by atoms with E-state index < -0.39 is 12.1 Å². The zero-order chi connectivity index (χ0) is 12.9. The first-order chi connectivity index (χ1) is 6.81. The third-order valence-electron chi connectivity index (χ3n) is 1.05. The number of rotatable bonds is 3. The van der Waals surface area contributed by atoms with Gasteiger partial charge in [0, 0.05) is 19.8 Å². The lowest BCUT2D eigenvalue weighted by molar-refractivity contribution is -0.134. The number of ketones is 1. The summed E-state index contributed by atoms with van der Waals surface area (Å²) in [6.45, 7) is 6.23. The maximum Gasteiger partial charge on any atom is 0.300 e. The largest absolute Gasteiger partial charge is 0.481 e. The molecule has 0 rings (SSSR count). The van der Waals surface area contributed by atoms with Gasteiger partial charge in [0.05, 0.1) is 12.7 Å². The van der Waals surface area contributed by atoms with Crippen LogP contribution in [-0.4, -0.2) is 39.8 Å². The molecule has 5 nitrogen and oxygen atoms in total. The summed E-state index contributed by atoms with van der Waals surface area (Å²) in [5.41, 5.74) is 0. The molecule has 0 bridgehead atoms. The van der Waals surface area contributed by atoms with Crippen molar-refractivity contribution >= 4 is 11.8 Å².